The third kappa shape index (κ3) is 3.30. The van der Waals surface area contributed by atoms with Gasteiger partial charge in [-0.1, -0.05) is 0 Å². The van der Waals surface area contributed by atoms with Gasteiger partial charge >= 0.3 is 0 Å². The van der Waals surface area contributed by atoms with Crippen molar-refractivity contribution in [2.75, 3.05) is 13.7 Å². The van der Waals surface area contributed by atoms with Crippen LogP contribution in [-0.2, 0) is 17.6 Å². The van der Waals surface area contributed by atoms with Crippen molar-refractivity contribution >= 4 is 37.8 Å². The van der Waals surface area contributed by atoms with Crippen LogP contribution in [0.25, 0.3) is 0 Å². The molecule has 1 aliphatic rings. The first-order valence-corrected chi connectivity index (χ1v) is 8.93. The Balaban J connectivity index is 1.96. The molecular formula is C16H17Br2N3O2. The number of aromatic amines is 1. The van der Waals surface area contributed by atoms with Gasteiger partial charge in [0.25, 0.3) is 0 Å². The van der Waals surface area contributed by atoms with Crippen LogP contribution in [-0.4, -0.2) is 29.5 Å². The van der Waals surface area contributed by atoms with Crippen LogP contribution in [0.4, 0.5) is 0 Å². The van der Waals surface area contributed by atoms with Gasteiger partial charge in [0, 0.05) is 18.7 Å². The lowest BCUT2D eigenvalue weighted by Crippen LogP contribution is -2.29. The summed E-state index contributed by atoms with van der Waals surface area (Å²) in [6.07, 6.45) is 1.37. The third-order valence-corrected chi connectivity index (χ3v) is 5.13. The zero-order valence-electron chi connectivity index (χ0n) is 12.9. The molecule has 1 aromatic carbocycles. The van der Waals surface area contributed by atoms with E-state index in [2.05, 4.69) is 47.1 Å². The number of methoxy groups -OCH3 is 1. The van der Waals surface area contributed by atoms with Crippen LogP contribution in [0.2, 0.25) is 0 Å². The summed E-state index contributed by atoms with van der Waals surface area (Å²) >= 11 is 7.02. The van der Waals surface area contributed by atoms with E-state index >= 15 is 0 Å². The van der Waals surface area contributed by atoms with Gasteiger partial charge in [0.15, 0.2) is 0 Å². The number of hydrogen-bond acceptors (Lipinski definition) is 3. The summed E-state index contributed by atoms with van der Waals surface area (Å²) in [5.41, 5.74) is 2.95. The molecule has 0 aliphatic carbocycles. The molecule has 1 aliphatic heterocycles. The molecule has 1 atom stereocenters. The molecule has 23 heavy (non-hydrogen) atoms. The van der Waals surface area contributed by atoms with Crippen LogP contribution < -0.4 is 10.1 Å². The summed E-state index contributed by atoms with van der Waals surface area (Å²) in [6.45, 7) is 2.56. The third-order valence-electron chi connectivity index (χ3n) is 3.95. The number of nitrogens with zero attached hydrogens (tertiary/aromatic N) is 1. The lowest BCUT2D eigenvalue weighted by atomic mass is 9.94. The van der Waals surface area contributed by atoms with Gasteiger partial charge in [-0.3, -0.25) is 4.79 Å². The fraction of sp³-hybridized carbons (Fsp3) is 0.375. The number of nitrogens with one attached hydrogen (secondary N) is 2. The first-order chi connectivity index (χ1) is 11.0. The maximum Gasteiger partial charge on any atom is 0.229 e. The highest BCUT2D eigenvalue weighted by molar-refractivity contribution is 9.11. The fourth-order valence-corrected chi connectivity index (χ4v) is 4.55. The van der Waals surface area contributed by atoms with E-state index in [-0.39, 0.29) is 11.8 Å². The Morgan fingerprint density at radius 3 is 2.70 bits per heavy atom. The average Bonchev–Trinajstić information content (AvgIpc) is 2.78. The molecule has 5 nitrogen and oxygen atoms in total. The first-order valence-electron chi connectivity index (χ1n) is 7.34. The Bertz CT molecular complexity index is 735. The standard InChI is InChI=1S/C16H17Br2N3O2/c1-8-20-13-3-4-19-16(22)10(14(13)21-8)5-9-6-11(17)15(23-2)12(18)7-9/h6-7,10H,3-5H2,1-2H3,(H,19,22)(H,20,21). The number of carbonyl (C=O) groups is 1. The number of H-pyrrole nitrogens is 1. The second-order valence-electron chi connectivity index (χ2n) is 5.58. The number of amides is 1. The van der Waals surface area contributed by atoms with Crippen molar-refractivity contribution in [2.24, 2.45) is 0 Å². The van der Waals surface area contributed by atoms with E-state index in [0.717, 1.165) is 43.9 Å². The number of aryl methyl sites for hydroxylation is 1. The number of imidazole rings is 1. The molecule has 2 heterocycles. The Kier molecular flexibility index (Phi) is 4.77. The number of halogens is 2. The summed E-state index contributed by atoms with van der Waals surface area (Å²) in [7, 11) is 1.63. The SMILES string of the molecule is COc1c(Br)cc(CC2C(=O)NCCc3[nH]c(C)nc32)cc1Br. The molecule has 0 radical (unpaired) electrons. The summed E-state index contributed by atoms with van der Waals surface area (Å²) in [4.78, 5) is 20.3. The highest BCUT2D eigenvalue weighted by atomic mass is 79.9. The van der Waals surface area contributed by atoms with E-state index in [1.54, 1.807) is 7.11 Å². The summed E-state index contributed by atoms with van der Waals surface area (Å²) in [6, 6.07) is 3.97. The topological polar surface area (TPSA) is 67.0 Å². The molecule has 1 aromatic heterocycles. The molecular weight excluding hydrogens is 426 g/mol. The summed E-state index contributed by atoms with van der Waals surface area (Å²) < 4.78 is 7.05. The van der Waals surface area contributed by atoms with Gasteiger partial charge in [-0.15, -0.1) is 0 Å². The molecule has 122 valence electrons. The van der Waals surface area contributed by atoms with Gasteiger partial charge in [0.2, 0.25) is 5.91 Å². The Labute approximate surface area is 151 Å². The van der Waals surface area contributed by atoms with E-state index in [9.17, 15) is 4.79 Å². The molecule has 0 saturated heterocycles. The van der Waals surface area contributed by atoms with Gasteiger partial charge in [0.05, 0.1) is 27.7 Å². The van der Waals surface area contributed by atoms with E-state index < -0.39 is 0 Å². The van der Waals surface area contributed by atoms with Crippen molar-refractivity contribution in [3.63, 3.8) is 0 Å². The van der Waals surface area contributed by atoms with Crippen molar-refractivity contribution in [3.05, 3.63) is 43.9 Å². The van der Waals surface area contributed by atoms with E-state index in [0.29, 0.717) is 13.0 Å². The lowest BCUT2D eigenvalue weighted by Gasteiger charge is -2.15. The molecule has 1 unspecified atom stereocenters. The normalized spacial score (nSPS) is 17.4. The van der Waals surface area contributed by atoms with Gasteiger partial charge in [0.1, 0.15) is 11.6 Å². The van der Waals surface area contributed by atoms with Crippen LogP contribution in [0.5, 0.6) is 5.75 Å². The molecule has 0 fully saturated rings. The monoisotopic (exact) mass is 441 g/mol. The summed E-state index contributed by atoms with van der Waals surface area (Å²) in [5, 5.41) is 2.97. The predicted octanol–water partition coefficient (Wildman–Crippen LogP) is 3.25. The number of aromatic nitrogens is 2. The number of hydrogen-bond donors (Lipinski definition) is 2. The van der Waals surface area contributed by atoms with Crippen LogP contribution in [0.1, 0.15) is 28.7 Å². The first kappa shape index (κ1) is 16.5. The van der Waals surface area contributed by atoms with Gasteiger partial charge in [-0.05, 0) is 62.9 Å². The molecule has 1 amide bonds. The smallest absolute Gasteiger partial charge is 0.229 e. The molecule has 0 saturated carbocycles. The molecule has 0 bridgehead atoms. The quantitative estimate of drug-likeness (QED) is 0.766. The maximum absolute atomic E-state index is 12.5. The largest absolute Gasteiger partial charge is 0.494 e. The zero-order chi connectivity index (χ0) is 16.6. The number of rotatable bonds is 3. The molecule has 2 aromatic rings. The fourth-order valence-electron chi connectivity index (χ4n) is 2.95. The Morgan fingerprint density at radius 1 is 1.35 bits per heavy atom. The minimum absolute atomic E-state index is 0.0262. The highest BCUT2D eigenvalue weighted by Crippen LogP contribution is 2.36. The van der Waals surface area contributed by atoms with Gasteiger partial charge in [-0.2, -0.15) is 0 Å². The van der Waals surface area contributed by atoms with E-state index in [1.165, 1.54) is 0 Å². The highest BCUT2D eigenvalue weighted by Gasteiger charge is 2.29. The summed E-state index contributed by atoms with van der Waals surface area (Å²) in [5.74, 6) is 1.34. The number of carbonyl (C=O) groups excluding carboxylic acids is 1. The zero-order valence-corrected chi connectivity index (χ0v) is 16.0. The van der Waals surface area contributed by atoms with Crippen molar-refractivity contribution in [2.45, 2.75) is 25.7 Å². The Morgan fingerprint density at radius 2 is 2.04 bits per heavy atom. The molecule has 3 rings (SSSR count). The van der Waals surface area contributed by atoms with Gasteiger partial charge in [-0.25, -0.2) is 4.98 Å². The van der Waals surface area contributed by atoms with Crippen LogP contribution in [0, 0.1) is 6.92 Å². The Hall–Kier alpha value is -1.34. The minimum atomic E-state index is -0.287. The van der Waals surface area contributed by atoms with E-state index in [4.69, 9.17) is 4.74 Å². The molecule has 2 N–H and O–H groups in total. The second kappa shape index (κ2) is 6.65. The minimum Gasteiger partial charge on any atom is -0.494 e. The van der Waals surface area contributed by atoms with Crippen LogP contribution in [0.3, 0.4) is 0 Å². The molecule has 0 spiro atoms. The number of fused-ring (bicyclic) bond motifs is 1. The maximum atomic E-state index is 12.5. The van der Waals surface area contributed by atoms with Crippen molar-refractivity contribution in [3.8, 4) is 5.75 Å². The van der Waals surface area contributed by atoms with Gasteiger partial charge < -0.3 is 15.0 Å². The molecule has 7 heteroatoms. The average molecular weight is 443 g/mol. The number of benzene rings is 1. The van der Waals surface area contributed by atoms with Crippen LogP contribution >= 0.6 is 31.9 Å². The van der Waals surface area contributed by atoms with E-state index in [1.807, 2.05) is 19.1 Å². The van der Waals surface area contributed by atoms with Crippen LogP contribution in [0.15, 0.2) is 21.1 Å². The van der Waals surface area contributed by atoms with Crippen molar-refractivity contribution < 1.29 is 9.53 Å². The number of ether oxygens (including phenoxy) is 1. The predicted molar refractivity (Wildman–Crippen MR) is 94.9 cm³/mol. The lowest BCUT2D eigenvalue weighted by molar-refractivity contribution is -0.122. The van der Waals surface area contributed by atoms with Crippen molar-refractivity contribution in [1.29, 1.82) is 0 Å². The second-order valence-corrected chi connectivity index (χ2v) is 7.29. The van der Waals surface area contributed by atoms with Crippen molar-refractivity contribution in [1.82, 2.24) is 15.3 Å².